The third-order valence-corrected chi connectivity index (χ3v) is 12.8. The second-order valence-electron chi connectivity index (χ2n) is 15.7. The van der Waals surface area contributed by atoms with E-state index in [1.165, 1.54) is 60.5 Å². The lowest BCUT2D eigenvalue weighted by Gasteiger charge is -2.35. The first kappa shape index (κ1) is 31.4. The fourth-order valence-electron chi connectivity index (χ4n) is 10.4. The van der Waals surface area contributed by atoms with Gasteiger partial charge in [0.25, 0.3) is 0 Å². The molecule has 266 valence electrons. The van der Waals surface area contributed by atoms with Gasteiger partial charge in [0.2, 0.25) is 5.96 Å². The van der Waals surface area contributed by atoms with E-state index in [2.05, 4.69) is 205 Å². The van der Waals surface area contributed by atoms with Gasteiger partial charge in [-0.2, -0.15) is 0 Å². The number of benzene rings is 7. The van der Waals surface area contributed by atoms with E-state index in [0.717, 1.165) is 28.4 Å². The highest BCUT2D eigenvalue weighted by Gasteiger charge is 2.53. The molecule has 7 aromatic carbocycles. The minimum atomic E-state index is -0.513. The largest absolute Gasteiger partial charge is 0.470 e. The van der Waals surface area contributed by atoms with Crippen LogP contribution in [-0.4, -0.2) is 16.6 Å². The molecule has 1 N–H and O–H groups in total. The number of nitrogens with zero attached hydrogens (tertiary/aromatic N) is 2. The number of nitrogens with one attached hydrogen (secondary N) is 1. The van der Waals surface area contributed by atoms with Crippen molar-refractivity contribution in [1.82, 2.24) is 9.88 Å². The van der Waals surface area contributed by atoms with Gasteiger partial charge in [-0.25, -0.2) is 4.99 Å². The van der Waals surface area contributed by atoms with E-state index in [-0.39, 0.29) is 12.1 Å². The van der Waals surface area contributed by atoms with Gasteiger partial charge < -0.3 is 4.74 Å². The molecule has 0 fully saturated rings. The van der Waals surface area contributed by atoms with Crippen LogP contribution in [0.5, 0.6) is 0 Å². The van der Waals surface area contributed by atoms with Crippen LogP contribution < -0.4 is 5.32 Å². The summed E-state index contributed by atoms with van der Waals surface area (Å²) in [4.78, 5) is 5.87. The quantitative estimate of drug-likeness (QED) is 0.197. The van der Waals surface area contributed by atoms with E-state index < -0.39 is 10.8 Å². The summed E-state index contributed by atoms with van der Waals surface area (Å²) in [6.07, 6.45) is 8.59. The zero-order valence-corrected chi connectivity index (χ0v) is 30.9. The third-order valence-electron chi connectivity index (χ3n) is 12.8. The minimum Gasteiger partial charge on any atom is -0.470 e. The molecule has 0 spiro atoms. The molecule has 4 aliphatic rings. The Balaban J connectivity index is 1.16. The Morgan fingerprint density at radius 1 is 0.625 bits per heavy atom. The topological polar surface area (TPSA) is 38.5 Å². The molecule has 1 aromatic heterocycles. The van der Waals surface area contributed by atoms with E-state index in [0.29, 0.717) is 0 Å². The summed E-state index contributed by atoms with van der Waals surface area (Å²) in [6.45, 7) is 2.30. The Labute approximate surface area is 325 Å². The Bertz CT molecular complexity index is 3020. The number of para-hydroxylation sites is 1. The molecule has 3 atom stereocenters. The number of hydrogen-bond donors (Lipinski definition) is 1. The van der Waals surface area contributed by atoms with Crippen LogP contribution in [-0.2, 0) is 10.2 Å². The molecule has 3 heterocycles. The van der Waals surface area contributed by atoms with Gasteiger partial charge in [-0.1, -0.05) is 164 Å². The van der Waals surface area contributed by atoms with Gasteiger partial charge >= 0.3 is 0 Å². The number of hydrogen-bond acceptors (Lipinski definition) is 3. The zero-order chi connectivity index (χ0) is 37.0. The molecule has 0 bridgehead atoms. The van der Waals surface area contributed by atoms with Crippen molar-refractivity contribution in [3.63, 3.8) is 0 Å². The van der Waals surface area contributed by atoms with Crippen molar-refractivity contribution in [2.24, 2.45) is 10.4 Å². The monoisotopic (exact) mass is 719 g/mol. The number of aliphatic imine (C=N–C) groups is 1. The Hall–Kier alpha value is -6.91. The smallest absolute Gasteiger partial charge is 0.211 e. The third kappa shape index (κ3) is 4.11. The number of aromatic nitrogens is 1. The highest BCUT2D eigenvalue weighted by Crippen LogP contribution is 2.60. The van der Waals surface area contributed by atoms with Gasteiger partial charge in [-0.3, -0.25) is 9.88 Å². The van der Waals surface area contributed by atoms with Crippen LogP contribution in [0.1, 0.15) is 40.8 Å². The first-order chi connectivity index (χ1) is 27.6. The van der Waals surface area contributed by atoms with Crippen molar-refractivity contribution in [2.75, 3.05) is 0 Å². The Morgan fingerprint density at radius 3 is 2.11 bits per heavy atom. The molecule has 2 aliphatic carbocycles. The van der Waals surface area contributed by atoms with Gasteiger partial charge in [0, 0.05) is 16.3 Å². The van der Waals surface area contributed by atoms with Crippen molar-refractivity contribution >= 4 is 38.5 Å². The standard InChI is InChI=1S/C52H37N3O/c1-51-30-15-14-29-45(51)56-49-47(51)48(53-50(54-49)55-43-28-13-11-23-37(43)40-31-33-17-8-9-18-34(33)32-44(40)55)39-25-16-27-42-46(39)38-24-10-12-26-41(38)52(42,35-19-4-2-5-20-35)36-21-6-3-7-22-36/h2-32,45,48H,1H3,(H,53,54). The molecule has 12 rings (SSSR count). The average molecular weight is 720 g/mol. The van der Waals surface area contributed by atoms with Gasteiger partial charge in [-0.15, -0.1) is 0 Å². The van der Waals surface area contributed by atoms with E-state index in [1.807, 2.05) is 0 Å². The second-order valence-corrected chi connectivity index (χ2v) is 15.7. The lowest BCUT2D eigenvalue weighted by atomic mass is 9.67. The van der Waals surface area contributed by atoms with Crippen LogP contribution >= 0.6 is 0 Å². The van der Waals surface area contributed by atoms with Crippen molar-refractivity contribution in [3.8, 4) is 11.1 Å². The van der Waals surface area contributed by atoms with Crippen LogP contribution in [0, 0.1) is 5.41 Å². The highest BCUT2D eigenvalue weighted by molar-refractivity contribution is 6.17. The molecule has 0 amide bonds. The van der Waals surface area contributed by atoms with Crippen LogP contribution in [0.3, 0.4) is 0 Å². The number of allylic oxidation sites excluding steroid dienone is 2. The predicted molar refractivity (Wildman–Crippen MR) is 228 cm³/mol. The van der Waals surface area contributed by atoms with Crippen LogP contribution in [0.2, 0.25) is 0 Å². The van der Waals surface area contributed by atoms with Crippen LogP contribution in [0.15, 0.2) is 205 Å². The van der Waals surface area contributed by atoms with Crippen LogP contribution in [0.25, 0.3) is 43.7 Å². The first-order valence-corrected chi connectivity index (χ1v) is 19.5. The van der Waals surface area contributed by atoms with Gasteiger partial charge in [0.05, 0.1) is 21.9 Å². The minimum absolute atomic E-state index is 0.152. The maximum atomic E-state index is 6.95. The van der Waals surface area contributed by atoms with E-state index in [9.17, 15) is 0 Å². The first-order valence-electron chi connectivity index (χ1n) is 19.5. The molecular formula is C52H37N3O. The molecule has 0 radical (unpaired) electrons. The SMILES string of the molecule is CC12C=CC=CC1OC1=C2C(c2cccc3c2-c2ccccc2C3(c2ccccc2)c2ccccc2)N=C(n2c3ccccc3c3cc4ccccc4cc32)N1. The maximum Gasteiger partial charge on any atom is 0.211 e. The molecule has 56 heavy (non-hydrogen) atoms. The molecule has 8 aromatic rings. The molecular weight excluding hydrogens is 683 g/mol. The summed E-state index contributed by atoms with van der Waals surface area (Å²) in [7, 11) is 0. The normalized spacial score (nSPS) is 21.3. The summed E-state index contributed by atoms with van der Waals surface area (Å²) < 4.78 is 9.26. The summed E-state index contributed by atoms with van der Waals surface area (Å²) in [5.74, 6) is 1.54. The molecule has 3 unspecified atom stereocenters. The van der Waals surface area contributed by atoms with Crippen molar-refractivity contribution in [2.45, 2.75) is 24.5 Å². The predicted octanol–water partition coefficient (Wildman–Crippen LogP) is 11.6. The summed E-state index contributed by atoms with van der Waals surface area (Å²) in [6, 6.07) is 59.5. The highest BCUT2D eigenvalue weighted by atomic mass is 16.5. The fourth-order valence-corrected chi connectivity index (χ4v) is 10.4. The number of rotatable bonds is 3. The van der Waals surface area contributed by atoms with Crippen molar-refractivity contribution in [3.05, 3.63) is 227 Å². The lowest BCUT2D eigenvalue weighted by Crippen LogP contribution is -2.36. The summed E-state index contributed by atoms with van der Waals surface area (Å²) in [5.41, 5.74) is 11.2. The summed E-state index contributed by atoms with van der Waals surface area (Å²) in [5, 5.41) is 8.59. The number of ether oxygens (including phenoxy) is 1. The molecule has 4 nitrogen and oxygen atoms in total. The zero-order valence-electron chi connectivity index (χ0n) is 30.9. The molecule has 2 aliphatic heterocycles. The lowest BCUT2D eigenvalue weighted by molar-refractivity contribution is 0.123. The Morgan fingerprint density at radius 2 is 1.30 bits per heavy atom. The Kier molecular flexibility index (Phi) is 6.48. The van der Waals surface area contributed by atoms with Gasteiger partial charge in [0.1, 0.15) is 12.1 Å². The maximum absolute atomic E-state index is 6.95. The number of fused-ring (bicyclic) bond motifs is 9. The van der Waals surface area contributed by atoms with E-state index >= 15 is 0 Å². The molecule has 0 saturated heterocycles. The van der Waals surface area contributed by atoms with Gasteiger partial charge in [0.15, 0.2) is 5.88 Å². The molecule has 4 heteroatoms. The van der Waals surface area contributed by atoms with E-state index in [1.54, 1.807) is 0 Å². The molecule has 0 saturated carbocycles. The second kappa shape index (κ2) is 11.5. The van der Waals surface area contributed by atoms with Crippen molar-refractivity contribution in [1.29, 1.82) is 0 Å². The van der Waals surface area contributed by atoms with Crippen LogP contribution in [0.4, 0.5) is 0 Å². The van der Waals surface area contributed by atoms with E-state index in [4.69, 9.17) is 9.73 Å². The van der Waals surface area contributed by atoms with Crippen molar-refractivity contribution < 1.29 is 4.74 Å². The van der Waals surface area contributed by atoms with Gasteiger partial charge in [-0.05, 0) is 80.9 Å². The fraction of sp³-hybridized carbons (Fsp3) is 0.0962. The summed E-state index contributed by atoms with van der Waals surface area (Å²) >= 11 is 0. The average Bonchev–Trinajstić information content (AvgIpc) is 3.86.